The maximum atomic E-state index is 12.5. The molecule has 0 aliphatic carbocycles. The van der Waals surface area contributed by atoms with Crippen molar-refractivity contribution < 1.29 is 24.2 Å². The van der Waals surface area contributed by atoms with Crippen molar-refractivity contribution >= 4 is 35.2 Å². The van der Waals surface area contributed by atoms with Gasteiger partial charge in [0.05, 0.1) is 18.4 Å². The second kappa shape index (κ2) is 8.16. The standard InChI is InChI=1S/C16H20N2O5S/c1-10(15(20)18-7-8-23-14(9-18)16(21)22)24-13-5-3-12(4-6-13)17-11(2)19/h3-6,10,14H,7-9H2,1-2H3,(H,17,19)(H,21,22). The Morgan fingerprint density at radius 3 is 2.58 bits per heavy atom. The Morgan fingerprint density at radius 2 is 2.00 bits per heavy atom. The van der Waals surface area contributed by atoms with Crippen LogP contribution in [0.15, 0.2) is 29.2 Å². The first-order chi connectivity index (χ1) is 11.4. The molecule has 0 spiro atoms. The van der Waals surface area contributed by atoms with Gasteiger partial charge in [0.1, 0.15) is 0 Å². The summed E-state index contributed by atoms with van der Waals surface area (Å²) in [6, 6.07) is 7.21. The lowest BCUT2D eigenvalue weighted by Crippen LogP contribution is -2.50. The number of nitrogens with one attached hydrogen (secondary N) is 1. The van der Waals surface area contributed by atoms with Crippen LogP contribution in [0.4, 0.5) is 5.69 Å². The highest BCUT2D eigenvalue weighted by atomic mass is 32.2. The smallest absolute Gasteiger partial charge is 0.334 e. The summed E-state index contributed by atoms with van der Waals surface area (Å²) in [6.45, 7) is 3.93. The monoisotopic (exact) mass is 352 g/mol. The van der Waals surface area contributed by atoms with Crippen LogP contribution in [-0.2, 0) is 19.1 Å². The first-order valence-corrected chi connectivity index (χ1v) is 8.42. The Bertz CT molecular complexity index is 619. The van der Waals surface area contributed by atoms with Gasteiger partial charge in [-0.15, -0.1) is 11.8 Å². The summed E-state index contributed by atoms with van der Waals surface area (Å²) in [4.78, 5) is 36.9. The number of carbonyl (C=O) groups is 3. The van der Waals surface area contributed by atoms with E-state index in [2.05, 4.69) is 5.32 Å². The van der Waals surface area contributed by atoms with Gasteiger partial charge in [-0.1, -0.05) is 0 Å². The maximum Gasteiger partial charge on any atom is 0.334 e. The van der Waals surface area contributed by atoms with Crippen LogP contribution in [0, 0.1) is 0 Å². The molecule has 0 aromatic heterocycles. The van der Waals surface area contributed by atoms with E-state index in [1.54, 1.807) is 19.1 Å². The van der Waals surface area contributed by atoms with Crippen LogP contribution in [0.25, 0.3) is 0 Å². The molecule has 2 N–H and O–H groups in total. The number of carboxylic acids is 1. The van der Waals surface area contributed by atoms with Crippen LogP contribution in [0.1, 0.15) is 13.8 Å². The van der Waals surface area contributed by atoms with E-state index in [1.807, 2.05) is 12.1 Å². The van der Waals surface area contributed by atoms with E-state index < -0.39 is 12.1 Å². The number of anilines is 1. The van der Waals surface area contributed by atoms with E-state index in [0.29, 0.717) is 12.2 Å². The molecule has 2 unspecified atom stereocenters. The van der Waals surface area contributed by atoms with E-state index in [9.17, 15) is 14.4 Å². The molecule has 0 saturated carbocycles. The minimum atomic E-state index is -1.05. The van der Waals surface area contributed by atoms with Crippen molar-refractivity contribution in [1.82, 2.24) is 4.90 Å². The Kier molecular flexibility index (Phi) is 6.22. The molecule has 2 atom stereocenters. The number of nitrogens with zero attached hydrogens (tertiary/aromatic N) is 1. The molecule has 0 bridgehead atoms. The summed E-state index contributed by atoms with van der Waals surface area (Å²) in [5, 5.41) is 11.3. The number of morpholine rings is 1. The van der Waals surface area contributed by atoms with Crippen LogP contribution in [0.2, 0.25) is 0 Å². The Morgan fingerprint density at radius 1 is 1.33 bits per heavy atom. The maximum absolute atomic E-state index is 12.5. The quantitative estimate of drug-likeness (QED) is 0.779. The zero-order valence-electron chi connectivity index (χ0n) is 13.5. The van der Waals surface area contributed by atoms with E-state index in [4.69, 9.17) is 9.84 Å². The van der Waals surface area contributed by atoms with E-state index in [-0.39, 0.29) is 30.2 Å². The number of carbonyl (C=O) groups excluding carboxylic acids is 2. The number of hydrogen-bond donors (Lipinski definition) is 2. The van der Waals surface area contributed by atoms with Crippen molar-refractivity contribution in [3.05, 3.63) is 24.3 Å². The van der Waals surface area contributed by atoms with E-state index in [0.717, 1.165) is 4.90 Å². The lowest BCUT2D eigenvalue weighted by atomic mass is 10.2. The van der Waals surface area contributed by atoms with Gasteiger partial charge in [0.25, 0.3) is 0 Å². The van der Waals surface area contributed by atoms with Crippen molar-refractivity contribution in [2.75, 3.05) is 25.0 Å². The highest BCUT2D eigenvalue weighted by Gasteiger charge is 2.31. The summed E-state index contributed by atoms with van der Waals surface area (Å²) in [5.41, 5.74) is 0.698. The molecular weight excluding hydrogens is 332 g/mol. The summed E-state index contributed by atoms with van der Waals surface area (Å²) in [6.07, 6.45) is -0.961. The van der Waals surface area contributed by atoms with Crippen molar-refractivity contribution in [3.63, 3.8) is 0 Å². The lowest BCUT2D eigenvalue weighted by Gasteiger charge is -2.32. The third-order valence-corrected chi connectivity index (χ3v) is 4.59. The molecule has 1 aromatic rings. The molecule has 8 heteroatoms. The van der Waals surface area contributed by atoms with Gasteiger partial charge >= 0.3 is 5.97 Å². The molecule has 1 fully saturated rings. The van der Waals surface area contributed by atoms with Gasteiger partial charge in [-0.3, -0.25) is 9.59 Å². The normalized spacial score (nSPS) is 18.8. The molecule has 1 heterocycles. The molecule has 1 saturated heterocycles. The number of thioether (sulfide) groups is 1. The minimum absolute atomic E-state index is 0.0700. The number of benzene rings is 1. The van der Waals surface area contributed by atoms with Crippen LogP contribution < -0.4 is 5.32 Å². The highest BCUT2D eigenvalue weighted by molar-refractivity contribution is 8.00. The van der Waals surface area contributed by atoms with E-state index >= 15 is 0 Å². The Balaban J connectivity index is 1.93. The molecule has 130 valence electrons. The summed E-state index contributed by atoms with van der Waals surface area (Å²) in [7, 11) is 0. The molecule has 24 heavy (non-hydrogen) atoms. The molecular formula is C16H20N2O5S. The lowest BCUT2D eigenvalue weighted by molar-refractivity contribution is -0.159. The Hall–Kier alpha value is -2.06. The number of ether oxygens (including phenoxy) is 1. The average Bonchev–Trinajstić information content (AvgIpc) is 2.55. The zero-order valence-corrected chi connectivity index (χ0v) is 14.3. The molecule has 0 radical (unpaired) electrons. The fourth-order valence-electron chi connectivity index (χ4n) is 2.33. The van der Waals surface area contributed by atoms with Gasteiger partial charge in [-0.05, 0) is 31.2 Å². The SMILES string of the molecule is CC(=O)Nc1ccc(SC(C)C(=O)N2CCOC(C(=O)O)C2)cc1. The minimum Gasteiger partial charge on any atom is -0.479 e. The molecule has 1 aliphatic heterocycles. The van der Waals surface area contributed by atoms with Gasteiger partial charge in [0, 0.05) is 24.1 Å². The van der Waals surface area contributed by atoms with Crippen molar-refractivity contribution in [1.29, 1.82) is 0 Å². The van der Waals surface area contributed by atoms with Gasteiger partial charge in [-0.2, -0.15) is 0 Å². The van der Waals surface area contributed by atoms with Gasteiger partial charge in [-0.25, -0.2) is 4.79 Å². The molecule has 2 amide bonds. The summed E-state index contributed by atoms with van der Waals surface area (Å²) >= 11 is 1.39. The van der Waals surface area contributed by atoms with Crippen molar-refractivity contribution in [3.8, 4) is 0 Å². The first kappa shape index (κ1) is 18.3. The summed E-state index contributed by atoms with van der Waals surface area (Å²) in [5.74, 6) is -1.30. The second-order valence-electron chi connectivity index (χ2n) is 5.45. The van der Waals surface area contributed by atoms with Crippen LogP contribution in [0.3, 0.4) is 0 Å². The number of hydrogen-bond acceptors (Lipinski definition) is 5. The number of aliphatic carboxylic acids is 1. The van der Waals surface area contributed by atoms with Crippen LogP contribution >= 0.6 is 11.8 Å². The third-order valence-electron chi connectivity index (χ3n) is 3.49. The largest absolute Gasteiger partial charge is 0.479 e. The first-order valence-electron chi connectivity index (χ1n) is 7.54. The second-order valence-corrected chi connectivity index (χ2v) is 6.86. The predicted octanol–water partition coefficient (Wildman–Crippen LogP) is 1.44. The molecule has 1 aliphatic rings. The summed E-state index contributed by atoms with van der Waals surface area (Å²) < 4.78 is 5.13. The fraction of sp³-hybridized carbons (Fsp3) is 0.438. The number of carboxylic acid groups (broad SMARTS) is 1. The predicted molar refractivity (Wildman–Crippen MR) is 90.0 cm³/mol. The molecule has 7 nitrogen and oxygen atoms in total. The average molecular weight is 352 g/mol. The van der Waals surface area contributed by atoms with Crippen molar-refractivity contribution in [2.24, 2.45) is 0 Å². The Labute approximate surface area is 144 Å². The van der Waals surface area contributed by atoms with Crippen molar-refractivity contribution in [2.45, 2.75) is 30.1 Å². The fourth-order valence-corrected chi connectivity index (χ4v) is 3.28. The van der Waals surface area contributed by atoms with Crippen LogP contribution in [0.5, 0.6) is 0 Å². The number of amides is 2. The number of rotatable bonds is 5. The van der Waals surface area contributed by atoms with Crippen LogP contribution in [-0.4, -0.2) is 58.8 Å². The van der Waals surface area contributed by atoms with E-state index in [1.165, 1.54) is 23.6 Å². The topological polar surface area (TPSA) is 95.9 Å². The van der Waals surface area contributed by atoms with Gasteiger partial charge < -0.3 is 20.1 Å². The highest BCUT2D eigenvalue weighted by Crippen LogP contribution is 2.26. The van der Waals surface area contributed by atoms with Gasteiger partial charge in [0.2, 0.25) is 11.8 Å². The molecule has 1 aromatic carbocycles. The third kappa shape index (κ3) is 4.97. The zero-order chi connectivity index (χ0) is 17.7. The molecule has 2 rings (SSSR count). The van der Waals surface area contributed by atoms with Gasteiger partial charge in [0.15, 0.2) is 6.10 Å².